The molecule has 3 nitrogen and oxygen atoms in total. The molecule has 1 aliphatic rings. The second kappa shape index (κ2) is 6.30. The van der Waals surface area contributed by atoms with Crippen molar-refractivity contribution in [2.45, 2.75) is 25.7 Å². The number of hydrogen-bond donors (Lipinski definition) is 0. The first kappa shape index (κ1) is 14.8. The van der Waals surface area contributed by atoms with E-state index in [9.17, 15) is 4.79 Å². The van der Waals surface area contributed by atoms with E-state index in [1.165, 1.54) is 11.1 Å². The fourth-order valence-electron chi connectivity index (χ4n) is 3.04. The Labute approximate surface area is 132 Å². The van der Waals surface area contributed by atoms with Gasteiger partial charge in [0.05, 0.1) is 0 Å². The van der Waals surface area contributed by atoms with E-state index in [0.29, 0.717) is 5.92 Å². The van der Waals surface area contributed by atoms with Gasteiger partial charge >= 0.3 is 0 Å². The minimum absolute atomic E-state index is 0.162. The number of pyridine rings is 1. The summed E-state index contributed by atoms with van der Waals surface area (Å²) in [5, 5.41) is 0. The Kier molecular flexibility index (Phi) is 4.23. The van der Waals surface area contributed by atoms with E-state index in [4.69, 9.17) is 0 Å². The molecule has 1 heterocycles. The Morgan fingerprint density at radius 2 is 2.00 bits per heavy atom. The maximum atomic E-state index is 12.5. The van der Waals surface area contributed by atoms with Gasteiger partial charge in [0.1, 0.15) is 0 Å². The van der Waals surface area contributed by atoms with Crippen LogP contribution >= 0.6 is 0 Å². The maximum Gasteiger partial charge on any atom is 0.226 e. The molecule has 0 saturated heterocycles. The molecule has 1 amide bonds. The molecule has 2 aromatic rings. The predicted molar refractivity (Wildman–Crippen MR) is 87.6 cm³/mol. The molecule has 0 N–H and O–H groups in total. The van der Waals surface area contributed by atoms with Gasteiger partial charge in [0, 0.05) is 37.8 Å². The molecular weight excluding hydrogens is 272 g/mol. The summed E-state index contributed by atoms with van der Waals surface area (Å²) in [6.07, 6.45) is 3.59. The van der Waals surface area contributed by atoms with Gasteiger partial charge in [-0.05, 0) is 42.5 Å². The number of aryl methyl sites for hydroxylation is 1. The first-order valence-corrected chi connectivity index (χ1v) is 7.87. The lowest BCUT2D eigenvalue weighted by molar-refractivity contribution is -0.131. The Morgan fingerprint density at radius 1 is 1.23 bits per heavy atom. The van der Waals surface area contributed by atoms with Crippen LogP contribution in [0.2, 0.25) is 0 Å². The summed E-state index contributed by atoms with van der Waals surface area (Å²) >= 11 is 0. The quantitative estimate of drug-likeness (QED) is 0.848. The number of amides is 1. The second-order valence-electron chi connectivity index (χ2n) is 6.14. The lowest BCUT2D eigenvalue weighted by Crippen LogP contribution is -2.30. The summed E-state index contributed by atoms with van der Waals surface area (Å²) in [7, 11) is 1.90. The predicted octanol–water partition coefficient (Wildman–Crippen LogP) is 3.19. The molecule has 2 atom stereocenters. The standard InChI is InChI=1S/C19H22N2O/c1-14-7-3-4-9-16(14)17-13-18(17)19(22)21(2)12-10-15-8-5-6-11-20-15/h3-9,11,17-18H,10,12-13H2,1-2H3/t17-,18-/m0/s1. The van der Waals surface area contributed by atoms with Gasteiger partial charge in [-0.15, -0.1) is 0 Å². The highest BCUT2D eigenvalue weighted by molar-refractivity contribution is 5.83. The molecule has 22 heavy (non-hydrogen) atoms. The summed E-state index contributed by atoms with van der Waals surface area (Å²) in [5.41, 5.74) is 3.66. The minimum Gasteiger partial charge on any atom is -0.345 e. The van der Waals surface area contributed by atoms with Crippen molar-refractivity contribution in [2.75, 3.05) is 13.6 Å². The average Bonchev–Trinajstić information content (AvgIpc) is 3.33. The van der Waals surface area contributed by atoms with E-state index in [0.717, 1.165) is 25.1 Å². The lowest BCUT2D eigenvalue weighted by Gasteiger charge is -2.17. The number of benzene rings is 1. The summed E-state index contributed by atoms with van der Waals surface area (Å²) in [4.78, 5) is 18.7. The van der Waals surface area contributed by atoms with Gasteiger partial charge < -0.3 is 4.90 Å². The minimum atomic E-state index is 0.162. The number of nitrogens with zero attached hydrogens (tertiary/aromatic N) is 2. The zero-order valence-electron chi connectivity index (χ0n) is 13.2. The first-order valence-electron chi connectivity index (χ1n) is 7.87. The molecule has 1 aromatic heterocycles. The van der Waals surface area contributed by atoms with Crippen LogP contribution in [0.3, 0.4) is 0 Å². The molecule has 1 fully saturated rings. The number of hydrogen-bond acceptors (Lipinski definition) is 2. The second-order valence-corrected chi connectivity index (χ2v) is 6.14. The molecule has 1 saturated carbocycles. The summed E-state index contributed by atoms with van der Waals surface area (Å²) in [6, 6.07) is 14.3. The van der Waals surface area contributed by atoms with Crippen LogP contribution in [0.4, 0.5) is 0 Å². The van der Waals surface area contributed by atoms with Crippen molar-refractivity contribution in [1.82, 2.24) is 9.88 Å². The maximum absolute atomic E-state index is 12.5. The van der Waals surface area contributed by atoms with E-state index >= 15 is 0 Å². The Morgan fingerprint density at radius 3 is 2.73 bits per heavy atom. The van der Waals surface area contributed by atoms with Gasteiger partial charge in [-0.2, -0.15) is 0 Å². The third-order valence-electron chi connectivity index (χ3n) is 4.50. The summed E-state index contributed by atoms with van der Waals surface area (Å²) in [5.74, 6) is 0.838. The zero-order valence-corrected chi connectivity index (χ0v) is 13.2. The van der Waals surface area contributed by atoms with Crippen LogP contribution in [0.1, 0.15) is 29.2 Å². The number of carbonyl (C=O) groups is 1. The van der Waals surface area contributed by atoms with Crippen LogP contribution in [-0.4, -0.2) is 29.4 Å². The molecule has 3 rings (SSSR count). The highest BCUT2D eigenvalue weighted by Gasteiger charge is 2.45. The molecule has 3 heteroatoms. The molecule has 1 aromatic carbocycles. The fraction of sp³-hybridized carbons (Fsp3) is 0.368. The molecule has 0 aliphatic heterocycles. The Balaban J connectivity index is 1.55. The van der Waals surface area contributed by atoms with E-state index in [-0.39, 0.29) is 11.8 Å². The van der Waals surface area contributed by atoms with Crippen LogP contribution in [0.25, 0.3) is 0 Å². The van der Waals surface area contributed by atoms with Crippen molar-refractivity contribution < 1.29 is 4.79 Å². The smallest absolute Gasteiger partial charge is 0.226 e. The highest BCUT2D eigenvalue weighted by atomic mass is 16.2. The molecule has 0 radical (unpaired) electrons. The SMILES string of the molecule is Cc1ccccc1[C@@H]1C[C@@H]1C(=O)N(C)CCc1ccccn1. The number of aromatic nitrogens is 1. The fourth-order valence-corrected chi connectivity index (χ4v) is 3.04. The lowest BCUT2D eigenvalue weighted by atomic mass is 10.0. The topological polar surface area (TPSA) is 33.2 Å². The average molecular weight is 294 g/mol. The highest BCUT2D eigenvalue weighted by Crippen LogP contribution is 2.49. The molecule has 0 spiro atoms. The van der Waals surface area contributed by atoms with Crippen LogP contribution < -0.4 is 0 Å². The van der Waals surface area contributed by atoms with Gasteiger partial charge in [-0.25, -0.2) is 0 Å². The Bertz CT molecular complexity index is 653. The summed E-state index contributed by atoms with van der Waals surface area (Å²) in [6.45, 7) is 2.85. The molecular formula is C19H22N2O. The van der Waals surface area contributed by atoms with Crippen molar-refractivity contribution in [3.05, 3.63) is 65.5 Å². The zero-order chi connectivity index (χ0) is 15.5. The monoisotopic (exact) mass is 294 g/mol. The number of likely N-dealkylation sites (N-methyl/N-ethyl adjacent to an activating group) is 1. The van der Waals surface area contributed by atoms with E-state index < -0.39 is 0 Å². The van der Waals surface area contributed by atoms with Crippen LogP contribution in [0.15, 0.2) is 48.7 Å². The van der Waals surface area contributed by atoms with Crippen molar-refractivity contribution in [2.24, 2.45) is 5.92 Å². The van der Waals surface area contributed by atoms with E-state index in [2.05, 4.69) is 36.2 Å². The third kappa shape index (κ3) is 3.19. The van der Waals surface area contributed by atoms with Crippen molar-refractivity contribution in [1.29, 1.82) is 0 Å². The van der Waals surface area contributed by atoms with Gasteiger partial charge in [-0.3, -0.25) is 9.78 Å². The molecule has 1 aliphatic carbocycles. The molecule has 114 valence electrons. The van der Waals surface area contributed by atoms with Crippen molar-refractivity contribution in [3.8, 4) is 0 Å². The largest absolute Gasteiger partial charge is 0.345 e. The van der Waals surface area contributed by atoms with Crippen LogP contribution in [0, 0.1) is 12.8 Å². The van der Waals surface area contributed by atoms with E-state index in [1.807, 2.05) is 30.1 Å². The van der Waals surface area contributed by atoms with Crippen LogP contribution in [-0.2, 0) is 11.2 Å². The van der Waals surface area contributed by atoms with E-state index in [1.54, 1.807) is 6.20 Å². The Hall–Kier alpha value is -2.16. The van der Waals surface area contributed by atoms with Gasteiger partial charge in [0.25, 0.3) is 0 Å². The number of rotatable bonds is 5. The number of carbonyl (C=O) groups excluding carboxylic acids is 1. The van der Waals surface area contributed by atoms with Gasteiger partial charge in [-0.1, -0.05) is 30.3 Å². The molecule has 0 unspecified atom stereocenters. The first-order chi connectivity index (χ1) is 10.7. The van der Waals surface area contributed by atoms with Gasteiger partial charge in [0.15, 0.2) is 0 Å². The van der Waals surface area contributed by atoms with Gasteiger partial charge in [0.2, 0.25) is 5.91 Å². The third-order valence-corrected chi connectivity index (χ3v) is 4.50. The normalized spacial score (nSPS) is 19.7. The van der Waals surface area contributed by atoms with Crippen molar-refractivity contribution in [3.63, 3.8) is 0 Å². The van der Waals surface area contributed by atoms with Crippen LogP contribution in [0.5, 0.6) is 0 Å². The van der Waals surface area contributed by atoms with Crippen molar-refractivity contribution >= 4 is 5.91 Å². The summed E-state index contributed by atoms with van der Waals surface area (Å²) < 4.78 is 0. The molecule has 0 bridgehead atoms.